The zero-order valence-electron chi connectivity index (χ0n) is 11.7. The summed E-state index contributed by atoms with van der Waals surface area (Å²) in [5.74, 6) is -1.70. The van der Waals surface area contributed by atoms with Gasteiger partial charge in [-0.3, -0.25) is 0 Å². The van der Waals surface area contributed by atoms with E-state index in [0.717, 1.165) is 5.56 Å². The van der Waals surface area contributed by atoms with Crippen LogP contribution in [0.25, 0.3) is 0 Å². The zero-order chi connectivity index (χ0) is 15.0. The van der Waals surface area contributed by atoms with Crippen LogP contribution >= 0.6 is 0 Å². The number of ether oxygens (including phenoxy) is 2. The van der Waals surface area contributed by atoms with E-state index in [1.165, 1.54) is 12.1 Å². The van der Waals surface area contributed by atoms with Crippen LogP contribution in [0.3, 0.4) is 0 Å². The Labute approximate surface area is 117 Å². The molecule has 0 fully saturated rings. The Bertz CT molecular complexity index is 439. The molecule has 0 aliphatic carbocycles. The molecule has 1 rings (SSSR count). The molecule has 1 atom stereocenters. The molecule has 20 heavy (non-hydrogen) atoms. The maximum atomic E-state index is 13.8. The minimum absolute atomic E-state index is 0.0418. The van der Waals surface area contributed by atoms with Gasteiger partial charge in [0.05, 0.1) is 6.61 Å². The zero-order valence-corrected chi connectivity index (χ0v) is 11.7. The molecule has 0 spiro atoms. The summed E-state index contributed by atoms with van der Waals surface area (Å²) in [7, 11) is 1.61. The van der Waals surface area contributed by atoms with Crippen molar-refractivity contribution in [3.05, 3.63) is 29.6 Å². The molecule has 0 amide bonds. The standard InChI is InChI=1S/C14H20FNO4/c1-3-12(14(17)18)20-13-5-4-10(8-11(13)15)9-16-6-7-19-2/h4-5,8,12,16H,3,6-7,9H2,1-2H3,(H,17,18). The van der Waals surface area contributed by atoms with E-state index >= 15 is 0 Å². The number of hydrogen-bond acceptors (Lipinski definition) is 4. The highest BCUT2D eigenvalue weighted by Gasteiger charge is 2.18. The minimum Gasteiger partial charge on any atom is -0.479 e. The first-order valence-corrected chi connectivity index (χ1v) is 6.46. The number of carboxylic acids is 1. The maximum absolute atomic E-state index is 13.8. The van der Waals surface area contributed by atoms with E-state index in [2.05, 4.69) is 5.32 Å². The van der Waals surface area contributed by atoms with Crippen molar-refractivity contribution in [1.82, 2.24) is 5.32 Å². The lowest BCUT2D eigenvalue weighted by Crippen LogP contribution is -2.26. The number of aliphatic carboxylic acids is 1. The van der Waals surface area contributed by atoms with E-state index in [1.54, 1.807) is 20.1 Å². The third kappa shape index (κ3) is 5.14. The molecule has 0 aromatic heterocycles. The molecule has 2 N–H and O–H groups in total. The fourth-order valence-corrected chi connectivity index (χ4v) is 1.62. The van der Waals surface area contributed by atoms with Gasteiger partial charge >= 0.3 is 5.97 Å². The number of hydrogen-bond donors (Lipinski definition) is 2. The minimum atomic E-state index is -1.10. The summed E-state index contributed by atoms with van der Waals surface area (Å²) >= 11 is 0. The van der Waals surface area contributed by atoms with E-state index in [4.69, 9.17) is 14.6 Å². The number of rotatable bonds is 9. The predicted molar refractivity (Wildman–Crippen MR) is 72.3 cm³/mol. The van der Waals surface area contributed by atoms with Gasteiger partial charge in [0.2, 0.25) is 0 Å². The molecule has 1 aromatic rings. The van der Waals surface area contributed by atoms with Crippen LogP contribution in [0.1, 0.15) is 18.9 Å². The number of methoxy groups -OCH3 is 1. The Balaban J connectivity index is 2.61. The van der Waals surface area contributed by atoms with E-state index in [1.807, 2.05) is 0 Å². The summed E-state index contributed by atoms with van der Waals surface area (Å²) in [6.45, 7) is 3.44. The molecule has 0 saturated carbocycles. The second kappa shape index (κ2) is 8.50. The van der Waals surface area contributed by atoms with E-state index in [0.29, 0.717) is 19.7 Å². The average molecular weight is 285 g/mol. The summed E-state index contributed by atoms with van der Waals surface area (Å²) in [6.07, 6.45) is -0.759. The summed E-state index contributed by atoms with van der Waals surface area (Å²) < 4.78 is 23.8. The predicted octanol–water partition coefficient (Wildman–Crippen LogP) is 1.80. The third-order valence-electron chi connectivity index (χ3n) is 2.72. The molecule has 0 aliphatic rings. The molecule has 0 radical (unpaired) electrons. The van der Waals surface area contributed by atoms with Crippen LogP contribution in [0, 0.1) is 5.82 Å². The molecule has 0 saturated heterocycles. The maximum Gasteiger partial charge on any atom is 0.344 e. The lowest BCUT2D eigenvalue weighted by molar-refractivity contribution is -0.145. The summed E-state index contributed by atoms with van der Waals surface area (Å²) in [6, 6.07) is 4.49. The highest BCUT2D eigenvalue weighted by atomic mass is 19.1. The molecule has 112 valence electrons. The van der Waals surface area contributed by atoms with Crippen LogP contribution in [0.5, 0.6) is 5.75 Å². The smallest absolute Gasteiger partial charge is 0.344 e. The highest BCUT2D eigenvalue weighted by Crippen LogP contribution is 2.20. The Kier molecular flexibility index (Phi) is 6.97. The van der Waals surface area contributed by atoms with Gasteiger partial charge in [0.1, 0.15) is 0 Å². The topological polar surface area (TPSA) is 67.8 Å². The molecule has 0 heterocycles. The second-order valence-electron chi connectivity index (χ2n) is 4.29. The first-order valence-electron chi connectivity index (χ1n) is 6.46. The lowest BCUT2D eigenvalue weighted by atomic mass is 10.2. The quantitative estimate of drug-likeness (QED) is 0.677. The summed E-state index contributed by atoms with van der Waals surface area (Å²) in [5, 5.41) is 12.0. The number of carbonyl (C=O) groups is 1. The fraction of sp³-hybridized carbons (Fsp3) is 0.500. The normalized spacial score (nSPS) is 12.2. The van der Waals surface area contributed by atoms with Gasteiger partial charge in [-0.2, -0.15) is 0 Å². The van der Waals surface area contributed by atoms with Gasteiger partial charge in [0, 0.05) is 20.2 Å². The van der Waals surface area contributed by atoms with Crippen molar-refractivity contribution in [2.75, 3.05) is 20.3 Å². The molecule has 0 aliphatic heterocycles. The van der Waals surface area contributed by atoms with Crippen molar-refractivity contribution in [2.45, 2.75) is 26.0 Å². The van der Waals surface area contributed by atoms with Gasteiger partial charge in [-0.15, -0.1) is 0 Å². The Morgan fingerprint density at radius 2 is 2.25 bits per heavy atom. The first-order chi connectivity index (χ1) is 9.58. The second-order valence-corrected chi connectivity index (χ2v) is 4.29. The average Bonchev–Trinajstić information content (AvgIpc) is 2.42. The van der Waals surface area contributed by atoms with Crippen molar-refractivity contribution < 1.29 is 23.8 Å². The van der Waals surface area contributed by atoms with Crippen LogP contribution < -0.4 is 10.1 Å². The van der Waals surface area contributed by atoms with Gasteiger partial charge in [-0.1, -0.05) is 13.0 Å². The molecular formula is C14H20FNO4. The van der Waals surface area contributed by atoms with Gasteiger partial charge in [-0.05, 0) is 24.1 Å². The van der Waals surface area contributed by atoms with E-state index in [-0.39, 0.29) is 12.2 Å². The van der Waals surface area contributed by atoms with Crippen LogP contribution in [0.2, 0.25) is 0 Å². The fourth-order valence-electron chi connectivity index (χ4n) is 1.62. The van der Waals surface area contributed by atoms with Crippen LogP contribution in [0.4, 0.5) is 4.39 Å². The monoisotopic (exact) mass is 285 g/mol. The molecule has 1 aromatic carbocycles. The Hall–Kier alpha value is -1.66. The summed E-state index contributed by atoms with van der Waals surface area (Å²) in [4.78, 5) is 10.8. The molecule has 6 heteroatoms. The molecule has 0 bridgehead atoms. The number of nitrogens with one attached hydrogen (secondary N) is 1. The molecular weight excluding hydrogens is 265 g/mol. The van der Waals surface area contributed by atoms with Gasteiger partial charge in [0.25, 0.3) is 0 Å². The number of benzene rings is 1. The molecule has 1 unspecified atom stereocenters. The van der Waals surface area contributed by atoms with Crippen molar-refractivity contribution in [3.8, 4) is 5.75 Å². The van der Waals surface area contributed by atoms with Crippen molar-refractivity contribution in [2.24, 2.45) is 0 Å². The Morgan fingerprint density at radius 3 is 2.80 bits per heavy atom. The van der Waals surface area contributed by atoms with E-state index in [9.17, 15) is 9.18 Å². The number of halogens is 1. The van der Waals surface area contributed by atoms with E-state index < -0.39 is 17.9 Å². The largest absolute Gasteiger partial charge is 0.479 e. The van der Waals surface area contributed by atoms with Crippen molar-refractivity contribution >= 4 is 5.97 Å². The van der Waals surface area contributed by atoms with Gasteiger partial charge in [-0.25, -0.2) is 9.18 Å². The van der Waals surface area contributed by atoms with Gasteiger partial charge in [0.15, 0.2) is 17.7 Å². The SMILES string of the molecule is CCC(Oc1ccc(CNCCOC)cc1F)C(=O)O. The van der Waals surface area contributed by atoms with Crippen LogP contribution in [-0.4, -0.2) is 37.4 Å². The first kappa shape index (κ1) is 16.4. The van der Waals surface area contributed by atoms with Crippen molar-refractivity contribution in [3.63, 3.8) is 0 Å². The van der Waals surface area contributed by atoms with Gasteiger partial charge < -0.3 is 19.9 Å². The third-order valence-corrected chi connectivity index (χ3v) is 2.72. The summed E-state index contributed by atoms with van der Waals surface area (Å²) in [5.41, 5.74) is 0.759. The lowest BCUT2D eigenvalue weighted by Gasteiger charge is -2.14. The van der Waals surface area contributed by atoms with Crippen LogP contribution in [0.15, 0.2) is 18.2 Å². The van der Waals surface area contributed by atoms with Crippen LogP contribution in [-0.2, 0) is 16.1 Å². The highest BCUT2D eigenvalue weighted by molar-refractivity contribution is 5.72. The Morgan fingerprint density at radius 1 is 1.50 bits per heavy atom. The van der Waals surface area contributed by atoms with Crippen molar-refractivity contribution in [1.29, 1.82) is 0 Å². The molecule has 5 nitrogen and oxygen atoms in total. The number of carboxylic acid groups (broad SMARTS) is 1.